The average Bonchev–Trinajstić information content (AvgIpc) is 3.16. The molecule has 0 radical (unpaired) electrons. The Bertz CT molecular complexity index is 1100. The predicted octanol–water partition coefficient (Wildman–Crippen LogP) is 2.76. The summed E-state index contributed by atoms with van der Waals surface area (Å²) in [6, 6.07) is 10.3. The van der Waals surface area contributed by atoms with Gasteiger partial charge in [0.25, 0.3) is 5.91 Å². The molecule has 0 aliphatic rings. The summed E-state index contributed by atoms with van der Waals surface area (Å²) >= 11 is 0. The third kappa shape index (κ3) is 3.98. The van der Waals surface area contributed by atoms with Crippen molar-refractivity contribution < 1.29 is 26.4 Å². The van der Waals surface area contributed by atoms with Gasteiger partial charge in [-0.1, -0.05) is 12.1 Å². The number of para-hydroxylation sites is 1. The van der Waals surface area contributed by atoms with Gasteiger partial charge in [-0.3, -0.25) is 15.6 Å². The fourth-order valence-electron chi connectivity index (χ4n) is 2.24. The molecule has 3 aromatic rings. The quantitative estimate of drug-likeness (QED) is 0.610. The zero-order chi connectivity index (χ0) is 20.3. The Balaban J connectivity index is 1.66. The van der Waals surface area contributed by atoms with Crippen LogP contribution in [0, 0.1) is 5.82 Å². The number of nitrogens with zero attached hydrogens (tertiary/aromatic N) is 2. The third-order valence-corrected chi connectivity index (χ3v) is 5.08. The van der Waals surface area contributed by atoms with Crippen molar-refractivity contribution in [2.45, 2.75) is 10.7 Å². The molecule has 1 heterocycles. The van der Waals surface area contributed by atoms with E-state index in [0.717, 1.165) is 12.1 Å². The molecule has 2 N–H and O–H groups in total. The molecule has 28 heavy (non-hydrogen) atoms. The Labute approximate surface area is 157 Å². The van der Waals surface area contributed by atoms with E-state index in [0.29, 0.717) is 0 Å². The molecular formula is C17H13F3N4O3S. The summed E-state index contributed by atoms with van der Waals surface area (Å²) in [4.78, 5) is 11.6. The Morgan fingerprint density at radius 3 is 2.39 bits per heavy atom. The van der Waals surface area contributed by atoms with Crippen LogP contribution in [0.4, 0.5) is 18.9 Å². The van der Waals surface area contributed by atoms with Gasteiger partial charge in [-0.25, -0.2) is 17.5 Å². The highest BCUT2D eigenvalue weighted by Gasteiger charge is 2.26. The minimum Gasteiger partial charge on any atom is -0.298 e. The number of benzene rings is 2. The molecule has 3 rings (SSSR count). The second kappa shape index (κ2) is 7.72. The van der Waals surface area contributed by atoms with Gasteiger partial charge >= 0.3 is 5.76 Å². The van der Waals surface area contributed by atoms with E-state index in [-0.39, 0.29) is 16.9 Å². The fraction of sp³-hybridized carbons (Fsp3) is 0.0588. The van der Waals surface area contributed by atoms with Gasteiger partial charge in [0.05, 0.1) is 22.3 Å². The van der Waals surface area contributed by atoms with Crippen LogP contribution in [0.25, 0.3) is 5.69 Å². The molecule has 7 nitrogen and oxygen atoms in total. The van der Waals surface area contributed by atoms with Gasteiger partial charge in [-0.2, -0.15) is 13.9 Å². The molecule has 0 fully saturated rings. The van der Waals surface area contributed by atoms with E-state index in [4.69, 9.17) is 0 Å². The highest BCUT2D eigenvalue weighted by atomic mass is 32.2. The Morgan fingerprint density at radius 2 is 1.75 bits per heavy atom. The van der Waals surface area contributed by atoms with Crippen LogP contribution in [0.15, 0.2) is 65.8 Å². The summed E-state index contributed by atoms with van der Waals surface area (Å²) in [5.41, 5.74) is 5.43. The lowest BCUT2D eigenvalue weighted by atomic mass is 10.3. The van der Waals surface area contributed by atoms with Crippen molar-refractivity contribution in [1.82, 2.24) is 15.2 Å². The molecule has 0 aliphatic carbocycles. The van der Waals surface area contributed by atoms with Crippen LogP contribution in [0.5, 0.6) is 0 Å². The van der Waals surface area contributed by atoms with Crippen LogP contribution in [0.3, 0.4) is 0 Å². The maximum Gasteiger partial charge on any atom is 0.341 e. The summed E-state index contributed by atoms with van der Waals surface area (Å²) in [6.45, 7) is 0. The standard InChI is InChI=1S/C17H13F3N4O3S/c18-14-3-1-2-4-15(14)24-10-11(9-21-24)16(25)23-22-12-5-7-13(8-6-12)28(26,27)17(19)20/h1-10,17,22H,(H,23,25). The topological polar surface area (TPSA) is 93.1 Å². The number of carbonyl (C=O) groups excluding carboxylic acids is 1. The maximum atomic E-state index is 13.8. The van der Waals surface area contributed by atoms with Crippen LogP contribution in [0.1, 0.15) is 10.4 Å². The molecule has 11 heteroatoms. The SMILES string of the molecule is O=C(NNc1ccc(S(=O)(=O)C(F)F)cc1)c1cnn(-c2ccccc2F)c1. The minimum absolute atomic E-state index is 0.132. The van der Waals surface area contributed by atoms with Crippen molar-refractivity contribution in [3.05, 3.63) is 72.3 Å². The summed E-state index contributed by atoms with van der Waals surface area (Å²) in [6.07, 6.45) is 2.56. The number of halogens is 3. The molecule has 0 atom stereocenters. The summed E-state index contributed by atoms with van der Waals surface area (Å²) in [7, 11) is -4.69. The number of hydrazine groups is 1. The minimum atomic E-state index is -4.69. The number of hydrogen-bond acceptors (Lipinski definition) is 5. The van der Waals surface area contributed by atoms with Gasteiger partial charge in [-0.15, -0.1) is 0 Å². The van der Waals surface area contributed by atoms with Gasteiger partial charge in [0.2, 0.25) is 9.84 Å². The van der Waals surface area contributed by atoms with Crippen molar-refractivity contribution in [3.8, 4) is 5.69 Å². The molecule has 0 spiro atoms. The third-order valence-electron chi connectivity index (χ3n) is 3.68. The highest BCUT2D eigenvalue weighted by Crippen LogP contribution is 2.20. The second-order valence-corrected chi connectivity index (χ2v) is 7.45. The first-order chi connectivity index (χ1) is 13.3. The normalized spacial score (nSPS) is 11.4. The highest BCUT2D eigenvalue weighted by molar-refractivity contribution is 7.91. The fourth-order valence-corrected chi connectivity index (χ4v) is 2.96. The number of nitrogens with one attached hydrogen (secondary N) is 2. The number of amides is 1. The van der Waals surface area contributed by atoms with Crippen molar-refractivity contribution >= 4 is 21.4 Å². The van der Waals surface area contributed by atoms with Crippen molar-refractivity contribution in [2.75, 3.05) is 5.43 Å². The van der Waals surface area contributed by atoms with Gasteiger partial charge in [0.15, 0.2) is 0 Å². The zero-order valence-electron chi connectivity index (χ0n) is 14.0. The maximum absolute atomic E-state index is 13.8. The Morgan fingerprint density at radius 1 is 1.07 bits per heavy atom. The molecule has 0 unspecified atom stereocenters. The molecule has 2 aromatic carbocycles. The number of aromatic nitrogens is 2. The van der Waals surface area contributed by atoms with E-state index >= 15 is 0 Å². The molecule has 0 aliphatic heterocycles. The van der Waals surface area contributed by atoms with Crippen molar-refractivity contribution in [3.63, 3.8) is 0 Å². The average molecular weight is 410 g/mol. The van der Waals surface area contributed by atoms with E-state index in [1.807, 2.05) is 0 Å². The number of alkyl halides is 2. The lowest BCUT2D eigenvalue weighted by Gasteiger charge is -2.08. The van der Waals surface area contributed by atoms with Gasteiger partial charge in [-0.05, 0) is 36.4 Å². The van der Waals surface area contributed by atoms with Crippen LogP contribution in [-0.4, -0.2) is 29.9 Å². The molecule has 1 aromatic heterocycles. The van der Waals surface area contributed by atoms with Crippen molar-refractivity contribution in [2.24, 2.45) is 0 Å². The molecule has 0 bridgehead atoms. The van der Waals surface area contributed by atoms with Crippen LogP contribution in [0.2, 0.25) is 0 Å². The molecular weight excluding hydrogens is 397 g/mol. The summed E-state index contributed by atoms with van der Waals surface area (Å²) in [5, 5.41) is 3.93. The van der Waals surface area contributed by atoms with Crippen LogP contribution in [-0.2, 0) is 9.84 Å². The van der Waals surface area contributed by atoms with E-state index in [9.17, 15) is 26.4 Å². The van der Waals surface area contributed by atoms with E-state index in [1.165, 1.54) is 47.4 Å². The summed E-state index contributed by atoms with van der Waals surface area (Å²) in [5.74, 6) is -4.61. The Kier molecular flexibility index (Phi) is 5.36. The number of hydrogen-bond donors (Lipinski definition) is 2. The van der Waals surface area contributed by atoms with Crippen molar-refractivity contribution in [1.29, 1.82) is 0 Å². The lowest BCUT2D eigenvalue weighted by Crippen LogP contribution is -2.29. The Hall–Kier alpha value is -3.34. The van der Waals surface area contributed by atoms with E-state index in [1.54, 1.807) is 6.07 Å². The first-order valence-electron chi connectivity index (χ1n) is 7.77. The smallest absolute Gasteiger partial charge is 0.298 e. The second-order valence-electron chi connectivity index (χ2n) is 5.53. The number of carbonyl (C=O) groups is 1. The van der Waals surface area contributed by atoms with E-state index in [2.05, 4.69) is 16.0 Å². The lowest BCUT2D eigenvalue weighted by molar-refractivity contribution is 0.0962. The molecule has 1 amide bonds. The largest absolute Gasteiger partial charge is 0.341 e. The van der Waals surface area contributed by atoms with Gasteiger partial charge < -0.3 is 0 Å². The van der Waals surface area contributed by atoms with Crippen LogP contribution >= 0.6 is 0 Å². The first kappa shape index (κ1) is 19.4. The number of anilines is 1. The summed E-state index contributed by atoms with van der Waals surface area (Å²) < 4.78 is 62.7. The zero-order valence-corrected chi connectivity index (χ0v) is 14.8. The monoisotopic (exact) mass is 410 g/mol. The van der Waals surface area contributed by atoms with Gasteiger partial charge in [0.1, 0.15) is 11.5 Å². The van der Waals surface area contributed by atoms with E-state index < -0.39 is 32.2 Å². The van der Waals surface area contributed by atoms with Crippen LogP contribution < -0.4 is 10.9 Å². The molecule has 0 saturated carbocycles. The van der Waals surface area contributed by atoms with Gasteiger partial charge in [0, 0.05) is 6.20 Å². The number of sulfone groups is 1. The molecule has 146 valence electrons. The first-order valence-corrected chi connectivity index (χ1v) is 9.32. The predicted molar refractivity (Wildman–Crippen MR) is 94.2 cm³/mol. The number of rotatable bonds is 6. The molecule has 0 saturated heterocycles.